The van der Waals surface area contributed by atoms with Crippen LogP contribution in [0.15, 0.2) is 60.7 Å². The van der Waals surface area contributed by atoms with Gasteiger partial charge in [-0.05, 0) is 31.4 Å². The first-order chi connectivity index (χ1) is 17.3. The van der Waals surface area contributed by atoms with Crippen LogP contribution in [0.4, 0.5) is 0 Å². The normalized spacial score (nSPS) is 14.2. The van der Waals surface area contributed by atoms with Crippen molar-refractivity contribution in [2.45, 2.75) is 58.0 Å². The second-order valence-corrected chi connectivity index (χ2v) is 9.68. The SMILES string of the molecule is CC(C)(N)C(=O)N[C@H](COCc1ccccc1)c1nnc2n1CCN(C(=O)CCc1ccccc1)C2. The molecule has 1 aromatic heterocycles. The molecule has 4 rings (SSSR count). The van der Waals surface area contributed by atoms with E-state index in [-0.39, 0.29) is 18.4 Å². The molecule has 2 amide bonds. The second-order valence-electron chi connectivity index (χ2n) is 9.68. The van der Waals surface area contributed by atoms with Gasteiger partial charge in [-0.1, -0.05) is 60.7 Å². The van der Waals surface area contributed by atoms with Crippen LogP contribution in [0.2, 0.25) is 0 Å². The van der Waals surface area contributed by atoms with Crippen LogP contribution in [0.1, 0.15) is 49.1 Å². The van der Waals surface area contributed by atoms with E-state index < -0.39 is 11.6 Å². The van der Waals surface area contributed by atoms with Crippen LogP contribution in [0, 0.1) is 0 Å². The fourth-order valence-electron chi connectivity index (χ4n) is 4.10. The zero-order valence-electron chi connectivity index (χ0n) is 20.9. The molecule has 1 atom stereocenters. The molecule has 9 heteroatoms. The number of carbonyl (C=O) groups excluding carboxylic acids is 2. The third-order valence-corrected chi connectivity index (χ3v) is 6.20. The number of rotatable bonds is 10. The monoisotopic (exact) mass is 490 g/mol. The first kappa shape index (κ1) is 25.5. The molecule has 190 valence electrons. The van der Waals surface area contributed by atoms with E-state index >= 15 is 0 Å². The van der Waals surface area contributed by atoms with Crippen molar-refractivity contribution in [3.05, 3.63) is 83.4 Å². The molecule has 0 saturated carbocycles. The number of benzene rings is 2. The Morgan fingerprint density at radius 3 is 2.36 bits per heavy atom. The van der Waals surface area contributed by atoms with E-state index in [9.17, 15) is 9.59 Å². The van der Waals surface area contributed by atoms with Crippen molar-refractivity contribution < 1.29 is 14.3 Å². The van der Waals surface area contributed by atoms with Crippen LogP contribution < -0.4 is 11.1 Å². The molecular weight excluding hydrogens is 456 g/mol. The fourth-order valence-corrected chi connectivity index (χ4v) is 4.10. The Morgan fingerprint density at radius 2 is 1.69 bits per heavy atom. The predicted octanol–water partition coefficient (Wildman–Crippen LogP) is 2.36. The van der Waals surface area contributed by atoms with Gasteiger partial charge >= 0.3 is 0 Å². The standard InChI is InChI=1S/C27H34N6O3/c1-27(2,28)26(35)29-22(19-36-18-21-11-7-4-8-12-21)25-31-30-23-17-32(15-16-33(23)25)24(34)14-13-20-9-5-3-6-10-20/h3-12,22H,13-19,28H2,1-2H3,(H,29,35)/t22-/m1/s1. The molecular formula is C27H34N6O3. The molecule has 2 heterocycles. The fraction of sp³-hybridized carbons (Fsp3) is 0.407. The summed E-state index contributed by atoms with van der Waals surface area (Å²) in [4.78, 5) is 27.3. The number of carbonyl (C=O) groups is 2. The summed E-state index contributed by atoms with van der Waals surface area (Å²) in [5, 5.41) is 11.7. The molecule has 9 nitrogen and oxygen atoms in total. The lowest BCUT2D eigenvalue weighted by molar-refractivity contribution is -0.132. The van der Waals surface area contributed by atoms with Crippen LogP contribution in [0.5, 0.6) is 0 Å². The Hall–Kier alpha value is -3.56. The number of hydrogen-bond acceptors (Lipinski definition) is 6. The van der Waals surface area contributed by atoms with Crippen molar-refractivity contribution in [1.82, 2.24) is 25.0 Å². The van der Waals surface area contributed by atoms with Crippen LogP contribution in [-0.4, -0.2) is 50.2 Å². The van der Waals surface area contributed by atoms with Gasteiger partial charge < -0.3 is 25.3 Å². The minimum atomic E-state index is -1.05. The van der Waals surface area contributed by atoms with Gasteiger partial charge in [-0.3, -0.25) is 9.59 Å². The lowest BCUT2D eigenvalue weighted by Gasteiger charge is -2.30. The number of nitrogens with two attached hydrogens (primary N) is 1. The molecule has 0 spiro atoms. The summed E-state index contributed by atoms with van der Waals surface area (Å²) >= 11 is 0. The lowest BCUT2D eigenvalue weighted by atomic mass is 10.1. The van der Waals surface area contributed by atoms with E-state index in [2.05, 4.69) is 15.5 Å². The van der Waals surface area contributed by atoms with Gasteiger partial charge in [0.25, 0.3) is 0 Å². The Labute approximate surface area is 211 Å². The predicted molar refractivity (Wildman–Crippen MR) is 135 cm³/mol. The number of aromatic nitrogens is 3. The molecule has 0 fully saturated rings. The molecule has 1 aliphatic rings. The number of fused-ring (bicyclic) bond motifs is 1. The van der Waals surface area contributed by atoms with Gasteiger partial charge in [-0.15, -0.1) is 10.2 Å². The van der Waals surface area contributed by atoms with E-state index in [1.165, 1.54) is 0 Å². The Bertz CT molecular complexity index is 1160. The Kier molecular flexibility index (Phi) is 8.12. The van der Waals surface area contributed by atoms with E-state index in [0.717, 1.165) is 11.1 Å². The summed E-state index contributed by atoms with van der Waals surface area (Å²) in [6.45, 7) is 5.42. The van der Waals surface area contributed by atoms with Crippen molar-refractivity contribution in [1.29, 1.82) is 0 Å². The number of hydrogen-bond donors (Lipinski definition) is 2. The average Bonchev–Trinajstić information content (AvgIpc) is 3.30. The van der Waals surface area contributed by atoms with Crippen LogP contribution in [0.3, 0.4) is 0 Å². The zero-order valence-corrected chi connectivity index (χ0v) is 20.9. The van der Waals surface area contributed by atoms with Crippen LogP contribution >= 0.6 is 0 Å². The smallest absolute Gasteiger partial charge is 0.240 e. The summed E-state index contributed by atoms with van der Waals surface area (Å²) in [6, 6.07) is 19.3. The molecule has 3 N–H and O–H groups in total. The van der Waals surface area contributed by atoms with Crippen LogP contribution in [0.25, 0.3) is 0 Å². The van der Waals surface area contributed by atoms with Crippen molar-refractivity contribution in [2.24, 2.45) is 5.73 Å². The number of nitrogens with one attached hydrogen (secondary N) is 1. The summed E-state index contributed by atoms with van der Waals surface area (Å²) in [6.07, 6.45) is 1.15. The van der Waals surface area contributed by atoms with Crippen molar-refractivity contribution >= 4 is 11.8 Å². The minimum absolute atomic E-state index is 0.0931. The van der Waals surface area contributed by atoms with Gasteiger partial charge in [0.1, 0.15) is 6.04 Å². The third-order valence-electron chi connectivity index (χ3n) is 6.20. The van der Waals surface area contributed by atoms with Gasteiger partial charge in [0, 0.05) is 19.5 Å². The molecule has 36 heavy (non-hydrogen) atoms. The summed E-state index contributed by atoms with van der Waals surface area (Å²) in [5.41, 5.74) is 7.15. The van der Waals surface area contributed by atoms with E-state index in [1.54, 1.807) is 13.8 Å². The Morgan fingerprint density at radius 1 is 1.03 bits per heavy atom. The maximum Gasteiger partial charge on any atom is 0.240 e. The summed E-state index contributed by atoms with van der Waals surface area (Å²) in [5.74, 6) is 1.09. The van der Waals surface area contributed by atoms with E-state index in [0.29, 0.717) is 50.7 Å². The molecule has 0 bridgehead atoms. The highest BCUT2D eigenvalue weighted by molar-refractivity contribution is 5.85. The van der Waals surface area contributed by atoms with Crippen molar-refractivity contribution in [3.8, 4) is 0 Å². The maximum absolute atomic E-state index is 12.8. The highest BCUT2D eigenvalue weighted by Gasteiger charge is 2.31. The molecule has 0 saturated heterocycles. The van der Waals surface area contributed by atoms with Crippen LogP contribution in [-0.2, 0) is 40.4 Å². The summed E-state index contributed by atoms with van der Waals surface area (Å²) < 4.78 is 7.92. The molecule has 0 unspecified atom stereocenters. The Balaban J connectivity index is 1.42. The zero-order chi connectivity index (χ0) is 25.5. The molecule has 3 aromatic rings. The average molecular weight is 491 g/mol. The molecule has 1 aliphatic heterocycles. The van der Waals surface area contributed by atoms with E-state index in [4.69, 9.17) is 10.5 Å². The highest BCUT2D eigenvalue weighted by atomic mass is 16.5. The van der Waals surface area contributed by atoms with Gasteiger partial charge in [0.2, 0.25) is 11.8 Å². The highest BCUT2D eigenvalue weighted by Crippen LogP contribution is 2.20. The van der Waals surface area contributed by atoms with Gasteiger partial charge in [0.05, 0.1) is 25.3 Å². The first-order valence-corrected chi connectivity index (χ1v) is 12.3. The quantitative estimate of drug-likeness (QED) is 0.451. The van der Waals surface area contributed by atoms with Gasteiger partial charge in [-0.25, -0.2) is 0 Å². The topological polar surface area (TPSA) is 115 Å². The minimum Gasteiger partial charge on any atom is -0.374 e. The second kappa shape index (κ2) is 11.5. The number of aryl methyl sites for hydroxylation is 1. The molecule has 0 aliphatic carbocycles. The maximum atomic E-state index is 12.8. The number of ether oxygens (including phenoxy) is 1. The van der Waals surface area contributed by atoms with Gasteiger partial charge in [-0.2, -0.15) is 0 Å². The van der Waals surface area contributed by atoms with Crippen molar-refractivity contribution in [2.75, 3.05) is 13.2 Å². The first-order valence-electron chi connectivity index (χ1n) is 12.3. The summed E-state index contributed by atoms with van der Waals surface area (Å²) in [7, 11) is 0. The molecule has 0 radical (unpaired) electrons. The third kappa shape index (κ3) is 6.56. The lowest BCUT2D eigenvalue weighted by Crippen LogP contribution is -2.51. The van der Waals surface area contributed by atoms with Gasteiger partial charge in [0.15, 0.2) is 11.6 Å². The number of nitrogens with zero attached hydrogens (tertiary/aromatic N) is 4. The largest absolute Gasteiger partial charge is 0.374 e. The molecule has 2 aromatic carbocycles. The van der Waals surface area contributed by atoms with E-state index in [1.807, 2.05) is 70.1 Å². The number of amides is 2. The van der Waals surface area contributed by atoms with Crippen molar-refractivity contribution in [3.63, 3.8) is 0 Å².